The van der Waals surface area contributed by atoms with Gasteiger partial charge in [0, 0.05) is 45.0 Å². The molecule has 21 heavy (non-hydrogen) atoms. The van der Waals surface area contributed by atoms with Gasteiger partial charge in [-0.1, -0.05) is 0 Å². The molecule has 8 heteroatoms. The first-order valence-corrected chi connectivity index (χ1v) is 8.26. The molecule has 0 aliphatic carbocycles. The third-order valence-electron chi connectivity index (χ3n) is 3.34. The molecule has 0 atom stereocenters. The van der Waals surface area contributed by atoms with Crippen LogP contribution in [0.25, 0.3) is 0 Å². The molecular formula is C13H21N3O4S. The minimum Gasteiger partial charge on any atom is -0.389 e. The Labute approximate surface area is 124 Å². The number of aliphatic hydroxyl groups is 1. The molecule has 1 aliphatic heterocycles. The summed E-state index contributed by atoms with van der Waals surface area (Å²) < 4.78 is 26.3. The highest BCUT2D eigenvalue weighted by molar-refractivity contribution is 7.89. The van der Waals surface area contributed by atoms with Crippen LogP contribution in [-0.2, 0) is 10.0 Å². The zero-order valence-corrected chi connectivity index (χ0v) is 13.1. The predicted octanol–water partition coefficient (Wildman–Crippen LogP) is -0.548. The van der Waals surface area contributed by atoms with Gasteiger partial charge in [-0.2, -0.15) is 4.31 Å². The number of hydrogen-bond acceptors (Lipinski definition) is 5. The van der Waals surface area contributed by atoms with Crippen LogP contribution in [0.1, 0.15) is 13.8 Å². The third kappa shape index (κ3) is 4.13. The molecular weight excluding hydrogens is 294 g/mol. The van der Waals surface area contributed by atoms with Gasteiger partial charge >= 0.3 is 0 Å². The largest absolute Gasteiger partial charge is 0.389 e. The number of piperazine rings is 1. The molecule has 0 saturated carbocycles. The van der Waals surface area contributed by atoms with Crippen molar-refractivity contribution in [2.45, 2.75) is 24.3 Å². The summed E-state index contributed by atoms with van der Waals surface area (Å²) in [5.41, 5.74) is -1.12. The molecule has 2 N–H and O–H groups in total. The molecule has 0 aromatic carbocycles. The van der Waals surface area contributed by atoms with Gasteiger partial charge in [0.2, 0.25) is 15.6 Å². The molecule has 1 aliphatic rings. The Kier molecular flexibility index (Phi) is 4.52. The minimum atomic E-state index is -3.57. The van der Waals surface area contributed by atoms with Gasteiger partial charge < -0.3 is 10.1 Å². The second-order valence-corrected chi connectivity index (χ2v) is 7.82. The molecule has 2 rings (SSSR count). The summed E-state index contributed by atoms with van der Waals surface area (Å²) in [5, 5.41) is 9.79. The van der Waals surface area contributed by atoms with Gasteiger partial charge in [0.1, 0.15) is 0 Å². The lowest BCUT2D eigenvalue weighted by Gasteiger charge is -2.36. The van der Waals surface area contributed by atoms with E-state index in [0.717, 1.165) is 0 Å². The zero-order chi connectivity index (χ0) is 15.7. The molecule has 2 heterocycles. The van der Waals surface area contributed by atoms with E-state index in [2.05, 4.69) is 4.98 Å². The van der Waals surface area contributed by atoms with Crippen LogP contribution in [0.3, 0.4) is 0 Å². The van der Waals surface area contributed by atoms with E-state index in [-0.39, 0.29) is 10.5 Å². The number of hydrogen-bond donors (Lipinski definition) is 2. The molecule has 0 amide bonds. The maximum absolute atomic E-state index is 12.4. The van der Waals surface area contributed by atoms with Crippen LogP contribution in [0, 0.1) is 0 Å². The molecule has 118 valence electrons. The van der Waals surface area contributed by atoms with Crippen molar-refractivity contribution in [2.24, 2.45) is 0 Å². The van der Waals surface area contributed by atoms with Crippen molar-refractivity contribution in [3.63, 3.8) is 0 Å². The van der Waals surface area contributed by atoms with Gasteiger partial charge in [-0.05, 0) is 19.9 Å². The monoisotopic (exact) mass is 315 g/mol. The summed E-state index contributed by atoms with van der Waals surface area (Å²) in [7, 11) is -3.57. The summed E-state index contributed by atoms with van der Waals surface area (Å²) in [6.07, 6.45) is 1.22. The molecule has 0 spiro atoms. The maximum Gasteiger partial charge on any atom is 0.247 e. The normalized spacial score (nSPS) is 18.8. The first-order chi connectivity index (χ1) is 9.68. The lowest BCUT2D eigenvalue weighted by atomic mass is 10.1. The van der Waals surface area contributed by atoms with E-state index in [1.807, 2.05) is 4.90 Å². The zero-order valence-electron chi connectivity index (χ0n) is 12.2. The van der Waals surface area contributed by atoms with Crippen molar-refractivity contribution in [1.29, 1.82) is 0 Å². The fourth-order valence-electron chi connectivity index (χ4n) is 2.38. The lowest BCUT2D eigenvalue weighted by Crippen LogP contribution is -2.51. The molecule has 0 bridgehead atoms. The van der Waals surface area contributed by atoms with Gasteiger partial charge in [-0.15, -0.1) is 0 Å². The van der Waals surface area contributed by atoms with Crippen LogP contribution in [0.5, 0.6) is 0 Å². The fraction of sp³-hybridized carbons (Fsp3) is 0.615. The quantitative estimate of drug-likeness (QED) is 0.778. The van der Waals surface area contributed by atoms with Crippen LogP contribution in [-0.4, -0.2) is 66.0 Å². The standard InChI is InChI=1S/C13H21N3O4S/c1-13(2,18)10-15-5-7-16(8-6-15)21(19,20)11-3-4-12(17)14-9-11/h3-4,9,18H,5-8,10H2,1-2H3,(H,14,17). The van der Waals surface area contributed by atoms with Crippen LogP contribution in [0.15, 0.2) is 28.0 Å². The highest BCUT2D eigenvalue weighted by Gasteiger charge is 2.30. The first kappa shape index (κ1) is 16.2. The Morgan fingerprint density at radius 1 is 1.24 bits per heavy atom. The highest BCUT2D eigenvalue weighted by Crippen LogP contribution is 2.17. The van der Waals surface area contributed by atoms with Gasteiger partial charge in [0.05, 0.1) is 10.5 Å². The van der Waals surface area contributed by atoms with Crippen molar-refractivity contribution in [1.82, 2.24) is 14.2 Å². The van der Waals surface area contributed by atoms with Crippen LogP contribution in [0.2, 0.25) is 0 Å². The molecule has 1 saturated heterocycles. The van der Waals surface area contributed by atoms with E-state index in [9.17, 15) is 18.3 Å². The van der Waals surface area contributed by atoms with E-state index < -0.39 is 15.6 Å². The maximum atomic E-state index is 12.4. The summed E-state index contributed by atoms with van der Waals surface area (Å²) in [6.45, 7) is 5.88. The molecule has 7 nitrogen and oxygen atoms in total. The summed E-state index contributed by atoms with van der Waals surface area (Å²) in [6, 6.07) is 2.52. The molecule has 1 aromatic heterocycles. The fourth-order valence-corrected chi connectivity index (χ4v) is 3.77. The predicted molar refractivity (Wildman–Crippen MR) is 78.6 cm³/mol. The van der Waals surface area contributed by atoms with E-state index in [1.54, 1.807) is 13.8 Å². The van der Waals surface area contributed by atoms with Gasteiger partial charge in [0.15, 0.2) is 0 Å². The van der Waals surface area contributed by atoms with Crippen LogP contribution >= 0.6 is 0 Å². The first-order valence-electron chi connectivity index (χ1n) is 6.82. The van der Waals surface area contributed by atoms with Crippen molar-refractivity contribution < 1.29 is 13.5 Å². The number of sulfonamides is 1. The highest BCUT2D eigenvalue weighted by atomic mass is 32.2. The van der Waals surface area contributed by atoms with E-state index in [4.69, 9.17) is 0 Å². The van der Waals surface area contributed by atoms with Crippen molar-refractivity contribution in [2.75, 3.05) is 32.7 Å². The minimum absolute atomic E-state index is 0.0954. The molecule has 1 aromatic rings. The van der Waals surface area contributed by atoms with Crippen molar-refractivity contribution in [3.05, 3.63) is 28.7 Å². The van der Waals surface area contributed by atoms with Gasteiger partial charge in [-0.3, -0.25) is 9.69 Å². The molecule has 1 fully saturated rings. The summed E-state index contributed by atoms with van der Waals surface area (Å²) in [5.74, 6) is 0. The van der Waals surface area contributed by atoms with Gasteiger partial charge in [0.25, 0.3) is 0 Å². The Balaban J connectivity index is 2.04. The number of aromatic amines is 1. The molecule has 0 unspecified atom stereocenters. The number of β-amino-alcohol motifs (C(OH)–C–C–N with tert-alkyl or cyclic N) is 1. The summed E-state index contributed by atoms with van der Waals surface area (Å²) >= 11 is 0. The van der Waals surface area contributed by atoms with Crippen LogP contribution < -0.4 is 5.56 Å². The lowest BCUT2D eigenvalue weighted by molar-refractivity contribution is 0.0263. The molecule has 0 radical (unpaired) electrons. The Morgan fingerprint density at radius 2 is 1.86 bits per heavy atom. The van der Waals surface area contributed by atoms with Gasteiger partial charge in [-0.25, -0.2) is 8.42 Å². The number of H-pyrrole nitrogens is 1. The number of nitrogens with one attached hydrogen (secondary N) is 1. The van der Waals surface area contributed by atoms with E-state index in [1.165, 1.54) is 22.6 Å². The van der Waals surface area contributed by atoms with E-state index >= 15 is 0 Å². The number of aromatic nitrogens is 1. The number of pyridine rings is 1. The smallest absolute Gasteiger partial charge is 0.247 e. The summed E-state index contributed by atoms with van der Waals surface area (Å²) in [4.78, 5) is 15.5. The van der Waals surface area contributed by atoms with Crippen molar-refractivity contribution >= 4 is 10.0 Å². The third-order valence-corrected chi connectivity index (χ3v) is 5.23. The van der Waals surface area contributed by atoms with Crippen molar-refractivity contribution in [3.8, 4) is 0 Å². The second-order valence-electron chi connectivity index (χ2n) is 5.88. The van der Waals surface area contributed by atoms with Crippen LogP contribution in [0.4, 0.5) is 0 Å². The Hall–Kier alpha value is -1.22. The average Bonchev–Trinajstić information content (AvgIpc) is 2.38. The SMILES string of the molecule is CC(C)(O)CN1CCN(S(=O)(=O)c2ccc(=O)[nH]c2)CC1. The van der Waals surface area contributed by atoms with E-state index in [0.29, 0.717) is 32.7 Å². The second kappa shape index (κ2) is 5.88. The topological polar surface area (TPSA) is 93.7 Å². The Bertz CT molecular complexity index is 620. The average molecular weight is 315 g/mol. The number of rotatable bonds is 4. The Morgan fingerprint density at radius 3 is 2.33 bits per heavy atom. The number of nitrogens with zero attached hydrogens (tertiary/aromatic N) is 2.